The van der Waals surface area contributed by atoms with Crippen molar-refractivity contribution in [2.24, 2.45) is 0 Å². The maximum atomic E-state index is 13.2. The zero-order valence-electron chi connectivity index (χ0n) is 12.3. The van der Waals surface area contributed by atoms with Crippen molar-refractivity contribution in [2.45, 2.75) is 45.1 Å². The molecule has 0 radical (unpaired) electrons. The number of nitrogens with zero attached hydrogens (tertiary/aromatic N) is 1. The number of alkyl halides is 2. The summed E-state index contributed by atoms with van der Waals surface area (Å²) in [6.07, 6.45) is 1.42. The molecule has 1 rings (SSSR count). The molecule has 0 saturated heterocycles. The minimum Gasteiger partial charge on any atom is -0.465 e. The monoisotopic (exact) mass is 364 g/mol. The standard InChI is InChI=1S/C14H19BrF2N2O2/c1-4-14(16,17)6-5-9(2)19-12-11(13(20)21-3)7-10(15)8-18-12/h7-9H,4-6H2,1-3H3,(H,18,19). The molecule has 0 amide bonds. The summed E-state index contributed by atoms with van der Waals surface area (Å²) in [5.74, 6) is -2.86. The van der Waals surface area contributed by atoms with Crippen LogP contribution in [0.25, 0.3) is 0 Å². The van der Waals surface area contributed by atoms with Crippen molar-refractivity contribution < 1.29 is 18.3 Å². The molecule has 7 heteroatoms. The van der Waals surface area contributed by atoms with Gasteiger partial charge in [0, 0.05) is 29.6 Å². The molecule has 1 unspecified atom stereocenters. The number of hydrogen-bond acceptors (Lipinski definition) is 4. The van der Waals surface area contributed by atoms with Crippen molar-refractivity contribution >= 4 is 27.7 Å². The molecule has 0 fully saturated rings. The first-order chi connectivity index (χ1) is 9.79. The van der Waals surface area contributed by atoms with Crippen molar-refractivity contribution in [3.8, 4) is 0 Å². The van der Waals surface area contributed by atoms with Gasteiger partial charge in [-0.2, -0.15) is 0 Å². The van der Waals surface area contributed by atoms with Crippen molar-refractivity contribution in [3.63, 3.8) is 0 Å². The second-order valence-corrected chi connectivity index (χ2v) is 5.75. The SMILES string of the molecule is CCC(F)(F)CCC(C)Nc1ncc(Br)cc1C(=O)OC. The molecule has 1 aromatic heterocycles. The van der Waals surface area contributed by atoms with Gasteiger partial charge in [0.15, 0.2) is 0 Å². The predicted molar refractivity (Wildman–Crippen MR) is 80.8 cm³/mol. The summed E-state index contributed by atoms with van der Waals surface area (Å²) in [5, 5.41) is 2.98. The molecule has 0 aromatic carbocycles. The van der Waals surface area contributed by atoms with Crippen LogP contribution in [0.15, 0.2) is 16.7 Å². The molecule has 0 aliphatic rings. The quantitative estimate of drug-likeness (QED) is 0.734. The minimum atomic E-state index is -2.66. The maximum absolute atomic E-state index is 13.2. The first-order valence-corrected chi connectivity index (χ1v) is 7.46. The van der Waals surface area contributed by atoms with Crippen molar-refractivity contribution in [2.75, 3.05) is 12.4 Å². The number of nitrogens with one attached hydrogen (secondary N) is 1. The zero-order valence-corrected chi connectivity index (χ0v) is 13.8. The summed E-state index contributed by atoms with van der Waals surface area (Å²) in [4.78, 5) is 15.8. The number of carbonyl (C=O) groups is 1. The average Bonchev–Trinajstić information content (AvgIpc) is 2.46. The number of aromatic nitrogens is 1. The average molecular weight is 365 g/mol. The lowest BCUT2D eigenvalue weighted by molar-refractivity contribution is -0.0139. The third kappa shape index (κ3) is 5.57. The topological polar surface area (TPSA) is 51.2 Å². The van der Waals surface area contributed by atoms with Gasteiger partial charge >= 0.3 is 5.97 Å². The molecule has 1 aromatic rings. The Morgan fingerprint density at radius 2 is 2.24 bits per heavy atom. The Balaban J connectivity index is 2.76. The van der Waals surface area contributed by atoms with Gasteiger partial charge in [0.25, 0.3) is 0 Å². The minimum absolute atomic E-state index is 0.177. The second kappa shape index (κ2) is 7.68. The lowest BCUT2D eigenvalue weighted by Crippen LogP contribution is -2.23. The number of carbonyl (C=O) groups excluding carboxylic acids is 1. The Hall–Kier alpha value is -1.24. The maximum Gasteiger partial charge on any atom is 0.341 e. The van der Waals surface area contributed by atoms with Crippen molar-refractivity contribution in [1.82, 2.24) is 4.98 Å². The van der Waals surface area contributed by atoms with Gasteiger partial charge in [0.05, 0.1) is 7.11 Å². The zero-order chi connectivity index (χ0) is 16.0. The van der Waals surface area contributed by atoms with E-state index in [2.05, 4.69) is 31.0 Å². The van der Waals surface area contributed by atoms with E-state index >= 15 is 0 Å². The number of ether oxygens (including phenoxy) is 1. The number of esters is 1. The summed E-state index contributed by atoms with van der Waals surface area (Å²) in [7, 11) is 1.28. The molecular weight excluding hydrogens is 346 g/mol. The highest BCUT2D eigenvalue weighted by Gasteiger charge is 2.26. The van der Waals surface area contributed by atoms with Crippen LogP contribution in [0, 0.1) is 0 Å². The van der Waals surface area contributed by atoms with Crippen LogP contribution in [0.4, 0.5) is 14.6 Å². The highest BCUT2D eigenvalue weighted by atomic mass is 79.9. The summed E-state index contributed by atoms with van der Waals surface area (Å²) < 4.78 is 31.8. The van der Waals surface area contributed by atoms with Crippen LogP contribution in [0.1, 0.15) is 43.5 Å². The molecule has 0 saturated carbocycles. The van der Waals surface area contributed by atoms with Gasteiger partial charge in [0.1, 0.15) is 11.4 Å². The molecule has 1 N–H and O–H groups in total. The molecule has 0 bridgehead atoms. The highest BCUT2D eigenvalue weighted by molar-refractivity contribution is 9.10. The van der Waals surface area contributed by atoms with Crippen LogP contribution >= 0.6 is 15.9 Å². The van der Waals surface area contributed by atoms with Crippen molar-refractivity contribution in [1.29, 1.82) is 0 Å². The Morgan fingerprint density at radius 1 is 1.57 bits per heavy atom. The van der Waals surface area contributed by atoms with E-state index in [0.29, 0.717) is 10.3 Å². The molecule has 0 aliphatic carbocycles. The number of anilines is 1. The molecule has 1 atom stereocenters. The van der Waals surface area contributed by atoms with Crippen molar-refractivity contribution in [3.05, 3.63) is 22.3 Å². The predicted octanol–water partition coefficient (Wildman–Crippen LogP) is 4.26. The molecule has 1 heterocycles. The van der Waals surface area contributed by atoms with Crippen LogP contribution in [-0.2, 0) is 4.74 Å². The Kier molecular flexibility index (Phi) is 6.51. The van der Waals surface area contributed by atoms with E-state index in [-0.39, 0.29) is 30.9 Å². The lowest BCUT2D eigenvalue weighted by atomic mass is 10.1. The summed E-state index contributed by atoms with van der Waals surface area (Å²) in [6, 6.07) is 1.34. The van der Waals surface area contributed by atoms with Gasteiger partial charge in [-0.15, -0.1) is 0 Å². The first-order valence-electron chi connectivity index (χ1n) is 6.67. The van der Waals surface area contributed by atoms with Crippen LogP contribution < -0.4 is 5.32 Å². The van der Waals surface area contributed by atoms with Gasteiger partial charge < -0.3 is 10.1 Å². The van der Waals surface area contributed by atoms with E-state index in [1.807, 2.05) is 0 Å². The van der Waals surface area contributed by atoms with Crippen LogP contribution in [-0.4, -0.2) is 30.0 Å². The Labute approximate surface area is 131 Å². The normalized spacial score (nSPS) is 12.9. The molecule has 0 spiro atoms. The fourth-order valence-corrected chi connectivity index (χ4v) is 2.06. The van der Waals surface area contributed by atoms with Gasteiger partial charge in [-0.05, 0) is 35.3 Å². The summed E-state index contributed by atoms with van der Waals surface area (Å²) >= 11 is 3.23. The molecule has 118 valence electrons. The molecule has 4 nitrogen and oxygen atoms in total. The second-order valence-electron chi connectivity index (χ2n) is 4.83. The van der Waals surface area contributed by atoms with Gasteiger partial charge in [-0.25, -0.2) is 18.6 Å². The van der Waals surface area contributed by atoms with Crippen LogP contribution in [0.2, 0.25) is 0 Å². The molecular formula is C14H19BrF2N2O2. The molecule has 0 aliphatic heterocycles. The van der Waals surface area contributed by atoms with E-state index in [1.165, 1.54) is 20.2 Å². The van der Waals surface area contributed by atoms with E-state index < -0.39 is 11.9 Å². The van der Waals surface area contributed by atoms with Gasteiger partial charge in [0.2, 0.25) is 5.92 Å². The highest BCUT2D eigenvalue weighted by Crippen LogP contribution is 2.26. The van der Waals surface area contributed by atoms with E-state index in [4.69, 9.17) is 0 Å². The fraction of sp³-hybridized carbons (Fsp3) is 0.571. The number of hydrogen-bond donors (Lipinski definition) is 1. The largest absolute Gasteiger partial charge is 0.465 e. The van der Waals surface area contributed by atoms with E-state index in [1.54, 1.807) is 13.0 Å². The number of halogens is 3. The van der Waals surface area contributed by atoms with E-state index in [9.17, 15) is 13.6 Å². The Bertz CT molecular complexity index is 498. The first kappa shape index (κ1) is 17.8. The third-order valence-corrected chi connectivity index (χ3v) is 3.54. The number of pyridine rings is 1. The van der Waals surface area contributed by atoms with E-state index in [0.717, 1.165) is 0 Å². The third-order valence-electron chi connectivity index (χ3n) is 3.10. The molecule has 21 heavy (non-hydrogen) atoms. The smallest absolute Gasteiger partial charge is 0.341 e. The van der Waals surface area contributed by atoms with Gasteiger partial charge in [-0.3, -0.25) is 0 Å². The number of rotatable bonds is 7. The summed E-state index contributed by atoms with van der Waals surface area (Å²) in [5.41, 5.74) is 0.265. The Morgan fingerprint density at radius 3 is 2.81 bits per heavy atom. The van der Waals surface area contributed by atoms with Crippen LogP contribution in [0.3, 0.4) is 0 Å². The number of methoxy groups -OCH3 is 1. The van der Waals surface area contributed by atoms with Gasteiger partial charge in [-0.1, -0.05) is 6.92 Å². The lowest BCUT2D eigenvalue weighted by Gasteiger charge is -2.19. The summed E-state index contributed by atoms with van der Waals surface area (Å²) in [6.45, 7) is 3.24. The van der Waals surface area contributed by atoms with Crippen LogP contribution in [0.5, 0.6) is 0 Å². The fourth-order valence-electron chi connectivity index (χ4n) is 1.73.